The third-order valence-electron chi connectivity index (χ3n) is 4.67. The van der Waals surface area contributed by atoms with Crippen LogP contribution in [0.15, 0.2) is 88.2 Å². The van der Waals surface area contributed by atoms with Gasteiger partial charge in [-0.25, -0.2) is 18.5 Å². The van der Waals surface area contributed by atoms with Gasteiger partial charge in [0, 0.05) is 17.5 Å². The molecule has 1 heterocycles. The number of nitrogens with zero attached hydrogens (tertiary/aromatic N) is 1. The molecule has 4 aromatic rings. The highest BCUT2D eigenvalue weighted by molar-refractivity contribution is 7.89. The third kappa shape index (κ3) is 3.98. The van der Waals surface area contributed by atoms with Crippen molar-refractivity contribution in [2.75, 3.05) is 7.11 Å². The summed E-state index contributed by atoms with van der Waals surface area (Å²) in [6.45, 7) is 0. The summed E-state index contributed by atoms with van der Waals surface area (Å²) in [6, 6.07) is 23.6. The number of benzene rings is 3. The molecular weight excluding hydrogens is 400 g/mol. The molecule has 0 saturated carbocycles. The van der Waals surface area contributed by atoms with Crippen molar-refractivity contribution in [3.05, 3.63) is 90.3 Å². The fourth-order valence-corrected chi connectivity index (χ4v) is 4.05. The summed E-state index contributed by atoms with van der Waals surface area (Å²) in [5.41, 5.74) is 2.57. The van der Waals surface area contributed by atoms with Gasteiger partial charge in [0.2, 0.25) is 10.0 Å². The lowest BCUT2D eigenvalue weighted by Gasteiger charge is -2.09. The second-order valence-corrected chi connectivity index (χ2v) is 8.22. The van der Waals surface area contributed by atoms with Crippen LogP contribution in [0.5, 0.6) is 5.75 Å². The van der Waals surface area contributed by atoms with Crippen LogP contribution in [0.3, 0.4) is 0 Å². The minimum Gasteiger partial charge on any atom is -0.496 e. The van der Waals surface area contributed by atoms with Crippen molar-refractivity contribution in [3.8, 4) is 28.3 Å². The van der Waals surface area contributed by atoms with Crippen molar-refractivity contribution in [1.82, 2.24) is 4.98 Å². The Bertz CT molecular complexity index is 1280. The van der Waals surface area contributed by atoms with Crippen molar-refractivity contribution in [2.24, 2.45) is 5.14 Å². The average Bonchev–Trinajstić information content (AvgIpc) is 3.17. The zero-order chi connectivity index (χ0) is 21.1. The largest absolute Gasteiger partial charge is 0.496 e. The highest BCUT2D eigenvalue weighted by Crippen LogP contribution is 2.39. The van der Waals surface area contributed by atoms with Gasteiger partial charge in [-0.1, -0.05) is 54.6 Å². The molecule has 0 unspecified atom stereocenters. The second-order valence-electron chi connectivity index (χ2n) is 6.69. The fraction of sp³-hybridized carbons (Fsp3) is 0.0870. The summed E-state index contributed by atoms with van der Waals surface area (Å²) >= 11 is 0. The van der Waals surface area contributed by atoms with Gasteiger partial charge in [0.1, 0.15) is 11.4 Å². The minimum absolute atomic E-state index is 0.0245. The molecule has 0 amide bonds. The molecule has 0 aliphatic heterocycles. The Hall–Kier alpha value is -3.42. The minimum atomic E-state index is -3.96. The molecule has 0 radical (unpaired) electrons. The predicted molar refractivity (Wildman–Crippen MR) is 115 cm³/mol. The van der Waals surface area contributed by atoms with Crippen LogP contribution in [0.2, 0.25) is 0 Å². The van der Waals surface area contributed by atoms with E-state index in [1.54, 1.807) is 25.3 Å². The number of primary sulfonamides is 1. The number of methoxy groups -OCH3 is 1. The van der Waals surface area contributed by atoms with Gasteiger partial charge in [-0.2, -0.15) is 0 Å². The van der Waals surface area contributed by atoms with Crippen LogP contribution in [0.4, 0.5) is 0 Å². The number of sulfonamides is 1. The lowest BCUT2D eigenvalue weighted by Crippen LogP contribution is -2.13. The van der Waals surface area contributed by atoms with Crippen molar-refractivity contribution < 1.29 is 17.6 Å². The van der Waals surface area contributed by atoms with E-state index in [1.807, 2.05) is 54.6 Å². The van der Waals surface area contributed by atoms with E-state index < -0.39 is 10.0 Å². The van der Waals surface area contributed by atoms with E-state index in [2.05, 4.69) is 0 Å². The lowest BCUT2D eigenvalue weighted by molar-refractivity contribution is 0.416. The monoisotopic (exact) mass is 420 g/mol. The lowest BCUT2D eigenvalue weighted by atomic mass is 10.0. The van der Waals surface area contributed by atoms with Crippen LogP contribution in [0.1, 0.15) is 11.5 Å². The van der Waals surface area contributed by atoms with Gasteiger partial charge in [0.05, 0.1) is 12.0 Å². The molecule has 3 aromatic carbocycles. The summed E-state index contributed by atoms with van der Waals surface area (Å²) in [5, 5.41) is 5.46. The Morgan fingerprint density at radius 1 is 0.900 bits per heavy atom. The highest BCUT2D eigenvalue weighted by atomic mass is 32.2. The van der Waals surface area contributed by atoms with Gasteiger partial charge >= 0.3 is 0 Å². The summed E-state index contributed by atoms with van der Waals surface area (Å²) in [7, 11) is -2.39. The molecule has 1 aromatic heterocycles. The van der Waals surface area contributed by atoms with Gasteiger partial charge in [-0.15, -0.1) is 0 Å². The maximum atomic E-state index is 12.2. The standard InChI is InChI=1S/C23H20N2O4S/c1-28-19-13-7-5-11-17(19)22-23(18-12-6-8-14-20(18)30(24,26)27)29-21(25-22)15-16-9-3-2-4-10-16/h2-14H,15H2,1H3,(H2,24,26,27). The highest BCUT2D eigenvalue weighted by Gasteiger charge is 2.24. The smallest absolute Gasteiger partial charge is 0.238 e. The number of para-hydroxylation sites is 1. The van der Waals surface area contributed by atoms with Crippen LogP contribution in [-0.4, -0.2) is 20.5 Å². The van der Waals surface area contributed by atoms with Crippen LogP contribution in [0, 0.1) is 0 Å². The van der Waals surface area contributed by atoms with E-state index in [-0.39, 0.29) is 4.90 Å². The first-order chi connectivity index (χ1) is 14.5. The van der Waals surface area contributed by atoms with Crippen LogP contribution in [-0.2, 0) is 16.4 Å². The maximum Gasteiger partial charge on any atom is 0.238 e. The molecule has 0 aliphatic rings. The van der Waals surface area contributed by atoms with Gasteiger partial charge in [-0.05, 0) is 29.8 Å². The predicted octanol–water partition coefficient (Wildman–Crippen LogP) is 4.26. The molecule has 0 aliphatic carbocycles. The summed E-state index contributed by atoms with van der Waals surface area (Å²) in [4.78, 5) is 4.68. The van der Waals surface area contributed by atoms with E-state index in [0.717, 1.165) is 5.56 Å². The first-order valence-corrected chi connectivity index (χ1v) is 10.8. The normalized spacial score (nSPS) is 11.4. The second kappa shape index (κ2) is 8.14. The molecule has 7 heteroatoms. The van der Waals surface area contributed by atoms with Crippen molar-refractivity contribution >= 4 is 10.0 Å². The summed E-state index contributed by atoms with van der Waals surface area (Å²) in [5.74, 6) is 1.39. The molecule has 6 nitrogen and oxygen atoms in total. The zero-order valence-corrected chi connectivity index (χ0v) is 17.1. The number of nitrogens with two attached hydrogens (primary N) is 1. The van der Waals surface area contributed by atoms with Crippen molar-refractivity contribution in [1.29, 1.82) is 0 Å². The zero-order valence-electron chi connectivity index (χ0n) is 16.3. The number of ether oxygens (including phenoxy) is 1. The first-order valence-electron chi connectivity index (χ1n) is 9.26. The molecule has 0 saturated heterocycles. The fourth-order valence-electron chi connectivity index (χ4n) is 3.32. The quantitative estimate of drug-likeness (QED) is 0.503. The van der Waals surface area contributed by atoms with Gasteiger partial charge in [0.25, 0.3) is 0 Å². The molecular formula is C23H20N2O4S. The van der Waals surface area contributed by atoms with Crippen molar-refractivity contribution in [2.45, 2.75) is 11.3 Å². The van der Waals surface area contributed by atoms with E-state index in [4.69, 9.17) is 19.3 Å². The Labute approximate surface area is 175 Å². The van der Waals surface area contributed by atoms with E-state index in [1.165, 1.54) is 6.07 Å². The van der Waals surface area contributed by atoms with E-state index in [9.17, 15) is 8.42 Å². The molecule has 0 atom stereocenters. The van der Waals surface area contributed by atoms with Crippen LogP contribution in [0.25, 0.3) is 22.6 Å². The average molecular weight is 420 g/mol. The van der Waals surface area contributed by atoms with Crippen LogP contribution < -0.4 is 9.88 Å². The molecule has 0 fully saturated rings. The molecule has 2 N–H and O–H groups in total. The molecule has 4 rings (SSSR count). The molecule has 0 bridgehead atoms. The van der Waals surface area contributed by atoms with E-state index in [0.29, 0.717) is 40.6 Å². The maximum absolute atomic E-state index is 12.2. The Morgan fingerprint density at radius 2 is 1.53 bits per heavy atom. The van der Waals surface area contributed by atoms with E-state index >= 15 is 0 Å². The van der Waals surface area contributed by atoms with Gasteiger partial charge in [-0.3, -0.25) is 0 Å². The number of oxazole rings is 1. The SMILES string of the molecule is COc1ccccc1-c1nc(Cc2ccccc2)oc1-c1ccccc1S(N)(=O)=O. The molecule has 0 spiro atoms. The Balaban J connectivity index is 1.94. The number of aromatic nitrogens is 1. The topological polar surface area (TPSA) is 95.4 Å². The van der Waals surface area contributed by atoms with Crippen LogP contribution >= 0.6 is 0 Å². The summed E-state index contributed by atoms with van der Waals surface area (Å²) < 4.78 is 36.0. The number of rotatable bonds is 6. The van der Waals surface area contributed by atoms with Gasteiger partial charge in [0.15, 0.2) is 11.7 Å². The first kappa shape index (κ1) is 19.9. The molecule has 30 heavy (non-hydrogen) atoms. The summed E-state index contributed by atoms with van der Waals surface area (Å²) in [6.07, 6.45) is 0.459. The van der Waals surface area contributed by atoms with Crippen molar-refractivity contribution in [3.63, 3.8) is 0 Å². The number of hydrogen-bond donors (Lipinski definition) is 1. The third-order valence-corrected chi connectivity index (χ3v) is 5.64. The number of hydrogen-bond acceptors (Lipinski definition) is 5. The molecule has 152 valence electrons. The Morgan fingerprint density at radius 3 is 2.23 bits per heavy atom. The Kier molecular flexibility index (Phi) is 5.39. The van der Waals surface area contributed by atoms with Gasteiger partial charge < -0.3 is 9.15 Å².